The van der Waals surface area contributed by atoms with E-state index < -0.39 is 36.4 Å². The number of carbonyl (C=O) groups is 2. The first-order valence-electron chi connectivity index (χ1n) is 6.40. The van der Waals surface area contributed by atoms with Crippen LogP contribution in [-0.4, -0.2) is 76.0 Å². The molecule has 0 saturated carbocycles. The van der Waals surface area contributed by atoms with Gasteiger partial charge >= 0.3 is 11.9 Å². The van der Waals surface area contributed by atoms with Gasteiger partial charge in [0.05, 0.1) is 6.61 Å². The number of hydrogen-bond donors (Lipinski definition) is 1. The Morgan fingerprint density at radius 2 is 1.57 bits per heavy atom. The van der Waals surface area contributed by atoms with Crippen LogP contribution in [-0.2, 0) is 33.3 Å². The van der Waals surface area contributed by atoms with Crippen LogP contribution in [0.4, 0.5) is 0 Å². The summed E-state index contributed by atoms with van der Waals surface area (Å²) in [6.07, 6.45) is -3.72. The van der Waals surface area contributed by atoms with Crippen LogP contribution in [0.2, 0.25) is 0 Å². The van der Waals surface area contributed by atoms with Crippen molar-refractivity contribution in [2.75, 3.05) is 34.5 Å². The predicted molar refractivity (Wildman–Crippen MR) is 71.7 cm³/mol. The highest BCUT2D eigenvalue weighted by Gasteiger charge is 2.36. The number of esters is 2. The van der Waals surface area contributed by atoms with Crippen LogP contribution in [0.5, 0.6) is 0 Å². The zero-order chi connectivity index (χ0) is 16.4. The maximum atomic E-state index is 11.1. The van der Waals surface area contributed by atoms with E-state index in [2.05, 4.69) is 0 Å². The highest BCUT2D eigenvalue weighted by Crippen LogP contribution is 2.15. The van der Waals surface area contributed by atoms with Gasteiger partial charge in [0.15, 0.2) is 6.10 Å². The summed E-state index contributed by atoms with van der Waals surface area (Å²) in [5, 5.41) is 10.3. The molecule has 0 aliphatic carbocycles. The summed E-state index contributed by atoms with van der Waals surface area (Å²) >= 11 is 0. The number of hydrogen-bond acceptors (Lipinski definition) is 8. The molecule has 4 atom stereocenters. The molecular weight excluding hydrogens is 284 g/mol. The third kappa shape index (κ3) is 7.37. The van der Waals surface area contributed by atoms with Crippen LogP contribution in [0.15, 0.2) is 0 Å². The number of methoxy groups -OCH3 is 3. The molecule has 0 aromatic heterocycles. The summed E-state index contributed by atoms with van der Waals surface area (Å²) in [7, 11) is 4.17. The van der Waals surface area contributed by atoms with Gasteiger partial charge in [-0.25, -0.2) is 0 Å². The number of aliphatic hydroxyl groups is 1. The Kier molecular flexibility index (Phi) is 9.89. The quantitative estimate of drug-likeness (QED) is 0.540. The highest BCUT2D eigenvalue weighted by molar-refractivity contribution is 5.66. The molecule has 0 aliphatic heterocycles. The Morgan fingerprint density at radius 1 is 0.952 bits per heavy atom. The fraction of sp³-hybridized carbons (Fsp3) is 0.846. The van der Waals surface area contributed by atoms with Crippen molar-refractivity contribution in [2.45, 2.75) is 38.3 Å². The molecule has 0 aliphatic rings. The van der Waals surface area contributed by atoms with E-state index in [-0.39, 0.29) is 13.2 Å². The van der Waals surface area contributed by atoms with Gasteiger partial charge in [-0.3, -0.25) is 9.59 Å². The van der Waals surface area contributed by atoms with Crippen LogP contribution in [0.1, 0.15) is 13.8 Å². The summed E-state index contributed by atoms with van der Waals surface area (Å²) in [4.78, 5) is 21.9. The molecule has 1 N–H and O–H groups in total. The molecule has 8 heteroatoms. The Labute approximate surface area is 124 Å². The second-order valence-corrected chi connectivity index (χ2v) is 4.37. The number of aliphatic hydroxyl groups excluding tert-OH is 1. The Bertz CT molecular complexity index is 319. The summed E-state index contributed by atoms with van der Waals surface area (Å²) in [5.41, 5.74) is 0. The minimum absolute atomic E-state index is 0.00932. The Balaban J connectivity index is 4.90. The number of ether oxygens (including phenoxy) is 5. The van der Waals surface area contributed by atoms with Gasteiger partial charge in [0.25, 0.3) is 0 Å². The van der Waals surface area contributed by atoms with E-state index in [1.807, 2.05) is 0 Å². The van der Waals surface area contributed by atoms with Crippen molar-refractivity contribution in [3.63, 3.8) is 0 Å². The largest absolute Gasteiger partial charge is 0.463 e. The van der Waals surface area contributed by atoms with Crippen LogP contribution in [0, 0.1) is 0 Å². The molecule has 0 spiro atoms. The van der Waals surface area contributed by atoms with E-state index in [1.54, 1.807) is 0 Å². The highest BCUT2D eigenvalue weighted by atomic mass is 16.6. The van der Waals surface area contributed by atoms with E-state index in [9.17, 15) is 14.7 Å². The van der Waals surface area contributed by atoms with Crippen LogP contribution in [0.25, 0.3) is 0 Å². The van der Waals surface area contributed by atoms with Gasteiger partial charge < -0.3 is 28.8 Å². The van der Waals surface area contributed by atoms with Crippen molar-refractivity contribution < 1.29 is 38.4 Å². The van der Waals surface area contributed by atoms with Crippen molar-refractivity contribution >= 4 is 11.9 Å². The van der Waals surface area contributed by atoms with Gasteiger partial charge in [0, 0.05) is 35.2 Å². The zero-order valence-electron chi connectivity index (χ0n) is 13.0. The average molecular weight is 308 g/mol. The van der Waals surface area contributed by atoms with Gasteiger partial charge in [-0.15, -0.1) is 0 Å². The standard InChI is InChI=1S/C13H24O8/c1-8(14)20-7-11(18-4)13(19-5)12(16)10(6-17-3)21-9(2)15/h10-13,16H,6-7H2,1-5H3/t10-,11-,12+,13+/m0/s1. The van der Waals surface area contributed by atoms with Gasteiger partial charge in [0.1, 0.15) is 24.9 Å². The molecule has 0 aromatic rings. The fourth-order valence-electron chi connectivity index (χ4n) is 1.80. The second kappa shape index (κ2) is 10.5. The van der Waals surface area contributed by atoms with Gasteiger partial charge in [-0.2, -0.15) is 0 Å². The summed E-state index contributed by atoms with van der Waals surface area (Å²) in [5.74, 6) is -1.03. The maximum Gasteiger partial charge on any atom is 0.303 e. The lowest BCUT2D eigenvalue weighted by Crippen LogP contribution is -2.50. The molecule has 0 fully saturated rings. The molecule has 8 nitrogen and oxygen atoms in total. The Morgan fingerprint density at radius 3 is 1.95 bits per heavy atom. The monoisotopic (exact) mass is 308 g/mol. The average Bonchev–Trinajstić information content (AvgIpc) is 2.41. The van der Waals surface area contributed by atoms with E-state index in [1.165, 1.54) is 35.2 Å². The first kappa shape index (κ1) is 19.8. The van der Waals surface area contributed by atoms with E-state index >= 15 is 0 Å². The molecule has 0 radical (unpaired) electrons. The molecule has 0 rings (SSSR count). The molecule has 21 heavy (non-hydrogen) atoms. The van der Waals surface area contributed by atoms with Crippen molar-refractivity contribution in [2.24, 2.45) is 0 Å². The summed E-state index contributed by atoms with van der Waals surface area (Å²) in [6.45, 7) is 2.38. The zero-order valence-corrected chi connectivity index (χ0v) is 13.0. The predicted octanol–water partition coefficient (Wildman–Crippen LogP) is -0.481. The minimum atomic E-state index is -1.21. The molecule has 0 bridgehead atoms. The van der Waals surface area contributed by atoms with Gasteiger partial charge in [-0.1, -0.05) is 0 Å². The molecular formula is C13H24O8. The maximum absolute atomic E-state index is 11.1. The molecule has 0 saturated heterocycles. The third-order valence-electron chi connectivity index (χ3n) is 2.76. The first-order chi connectivity index (χ1) is 9.87. The van der Waals surface area contributed by atoms with Crippen LogP contribution in [0.3, 0.4) is 0 Å². The van der Waals surface area contributed by atoms with Crippen LogP contribution >= 0.6 is 0 Å². The lowest BCUT2D eigenvalue weighted by molar-refractivity contribution is -0.179. The summed E-state index contributed by atoms with van der Waals surface area (Å²) in [6, 6.07) is 0. The Hall–Kier alpha value is -1.22. The van der Waals surface area contributed by atoms with Crippen molar-refractivity contribution in [3.05, 3.63) is 0 Å². The molecule has 0 aromatic carbocycles. The molecule has 0 amide bonds. The van der Waals surface area contributed by atoms with E-state index in [0.717, 1.165) is 0 Å². The van der Waals surface area contributed by atoms with Crippen molar-refractivity contribution in [3.8, 4) is 0 Å². The van der Waals surface area contributed by atoms with E-state index in [0.29, 0.717) is 0 Å². The lowest BCUT2D eigenvalue weighted by atomic mass is 10.0. The molecule has 0 unspecified atom stereocenters. The first-order valence-corrected chi connectivity index (χ1v) is 6.40. The van der Waals surface area contributed by atoms with Gasteiger partial charge in [0.2, 0.25) is 0 Å². The lowest BCUT2D eigenvalue weighted by Gasteiger charge is -2.32. The fourth-order valence-corrected chi connectivity index (χ4v) is 1.80. The minimum Gasteiger partial charge on any atom is -0.463 e. The number of rotatable bonds is 10. The normalized spacial score (nSPS) is 16.7. The topological polar surface area (TPSA) is 101 Å². The third-order valence-corrected chi connectivity index (χ3v) is 2.76. The molecule has 124 valence electrons. The summed E-state index contributed by atoms with van der Waals surface area (Å²) < 4.78 is 25.1. The molecule has 0 heterocycles. The SMILES string of the molecule is COC[C@H](OC(C)=O)[C@@H](O)[C@H](OC)[C@H](COC(C)=O)OC. The van der Waals surface area contributed by atoms with E-state index in [4.69, 9.17) is 23.7 Å². The van der Waals surface area contributed by atoms with Crippen molar-refractivity contribution in [1.29, 1.82) is 0 Å². The smallest absolute Gasteiger partial charge is 0.303 e. The number of carbonyl (C=O) groups excluding carboxylic acids is 2. The van der Waals surface area contributed by atoms with Crippen molar-refractivity contribution in [1.82, 2.24) is 0 Å². The van der Waals surface area contributed by atoms with Gasteiger partial charge in [-0.05, 0) is 0 Å². The van der Waals surface area contributed by atoms with Crippen LogP contribution < -0.4 is 0 Å². The second-order valence-electron chi connectivity index (χ2n) is 4.37.